The van der Waals surface area contributed by atoms with Crippen molar-refractivity contribution in [3.8, 4) is 0 Å². The zero-order valence-corrected chi connectivity index (χ0v) is 17.6. The number of hydrogen-bond acceptors (Lipinski definition) is 3. The quantitative estimate of drug-likeness (QED) is 0.559. The van der Waals surface area contributed by atoms with Gasteiger partial charge < -0.3 is 4.98 Å². The summed E-state index contributed by atoms with van der Waals surface area (Å²) in [6, 6.07) is 13.3. The van der Waals surface area contributed by atoms with Gasteiger partial charge >= 0.3 is 0 Å². The van der Waals surface area contributed by atoms with Crippen LogP contribution < -0.4 is 5.01 Å². The van der Waals surface area contributed by atoms with Crippen LogP contribution in [0.3, 0.4) is 0 Å². The Bertz CT molecular complexity index is 1210. The molecule has 4 rings (SSSR count). The van der Waals surface area contributed by atoms with Gasteiger partial charge in [0, 0.05) is 29.6 Å². The fraction of sp³-hybridized carbons (Fsp3) is 0.292. The van der Waals surface area contributed by atoms with Gasteiger partial charge in [-0.25, -0.2) is 8.78 Å². The van der Waals surface area contributed by atoms with E-state index in [9.17, 15) is 18.4 Å². The number of carbonyl (C=O) groups is 2. The lowest BCUT2D eigenvalue weighted by Gasteiger charge is -2.16. The molecule has 0 bridgehead atoms. The normalized spacial score (nSPS) is 16.8. The Morgan fingerprint density at radius 3 is 2.68 bits per heavy atom. The number of halogens is 2. The van der Waals surface area contributed by atoms with Crippen LogP contribution in [0.15, 0.2) is 53.6 Å². The second-order valence-electron chi connectivity index (χ2n) is 7.95. The summed E-state index contributed by atoms with van der Waals surface area (Å²) in [5.74, 6) is -4.76. The van der Waals surface area contributed by atoms with Crippen molar-refractivity contribution in [2.75, 3.05) is 5.01 Å². The highest BCUT2D eigenvalue weighted by molar-refractivity contribution is 6.27. The van der Waals surface area contributed by atoms with Gasteiger partial charge in [-0.05, 0) is 49.1 Å². The molecular formula is C24H23F2N3O2. The average molecular weight is 423 g/mol. The summed E-state index contributed by atoms with van der Waals surface area (Å²) in [4.78, 5) is 29.2. The van der Waals surface area contributed by atoms with Crippen molar-refractivity contribution in [3.05, 3.63) is 65.4 Å². The highest BCUT2D eigenvalue weighted by atomic mass is 19.3. The van der Waals surface area contributed by atoms with Crippen molar-refractivity contribution in [2.45, 2.75) is 39.5 Å². The predicted molar refractivity (Wildman–Crippen MR) is 116 cm³/mol. The molecular weight excluding hydrogens is 400 g/mol. The van der Waals surface area contributed by atoms with E-state index >= 15 is 0 Å². The van der Waals surface area contributed by atoms with E-state index in [4.69, 9.17) is 0 Å². The molecule has 5 nitrogen and oxygen atoms in total. The fourth-order valence-electron chi connectivity index (χ4n) is 3.93. The summed E-state index contributed by atoms with van der Waals surface area (Å²) in [5.41, 5.74) is 3.17. The van der Waals surface area contributed by atoms with Crippen molar-refractivity contribution >= 4 is 34.0 Å². The summed E-state index contributed by atoms with van der Waals surface area (Å²) < 4.78 is 28.0. The number of carbonyl (C=O) groups excluding carboxylic acids is 2. The minimum absolute atomic E-state index is 0.112. The van der Waals surface area contributed by atoms with Crippen LogP contribution in [0.5, 0.6) is 0 Å². The van der Waals surface area contributed by atoms with Crippen LogP contribution in [-0.2, 0) is 21.9 Å². The second kappa shape index (κ2) is 7.72. The average Bonchev–Trinajstić information content (AvgIpc) is 3.25. The summed E-state index contributed by atoms with van der Waals surface area (Å²) in [7, 11) is 0. The van der Waals surface area contributed by atoms with E-state index in [1.165, 1.54) is 30.1 Å². The van der Waals surface area contributed by atoms with Crippen LogP contribution >= 0.6 is 0 Å². The molecule has 1 atom stereocenters. The number of aromatic amines is 1. The molecule has 0 saturated carbocycles. The number of fused-ring (bicyclic) bond motifs is 1. The smallest absolute Gasteiger partial charge is 0.273 e. The number of rotatable bonds is 6. The van der Waals surface area contributed by atoms with E-state index in [0.29, 0.717) is 17.0 Å². The Labute approximate surface area is 178 Å². The molecule has 1 aliphatic heterocycles. The first-order valence-electron chi connectivity index (χ1n) is 10.2. The second-order valence-corrected chi connectivity index (χ2v) is 7.95. The van der Waals surface area contributed by atoms with Gasteiger partial charge in [0.1, 0.15) is 5.92 Å². The minimum Gasteiger partial charge on any atom is -0.359 e. The maximum absolute atomic E-state index is 14.0. The standard InChI is InChI=1S/C24H23F2N3O2/c1-4-24(25,26)18-7-5-6-16(11-18)12-21(30)22-15(3)28-29(23(22)31)19-9-8-17-10-14(2)27-20(17)13-19/h5-11,13,22,27H,4,12H2,1-3H3. The molecule has 2 aromatic carbocycles. The third-order valence-corrected chi connectivity index (χ3v) is 5.61. The van der Waals surface area contributed by atoms with E-state index in [-0.39, 0.29) is 24.2 Å². The van der Waals surface area contributed by atoms with Gasteiger partial charge in [-0.3, -0.25) is 9.59 Å². The van der Waals surface area contributed by atoms with Gasteiger partial charge in [-0.15, -0.1) is 0 Å². The first kappa shape index (κ1) is 20.9. The van der Waals surface area contributed by atoms with Crippen molar-refractivity contribution in [1.29, 1.82) is 0 Å². The molecule has 2 heterocycles. The third-order valence-electron chi connectivity index (χ3n) is 5.61. The van der Waals surface area contributed by atoms with Crippen LogP contribution in [0.1, 0.15) is 37.1 Å². The van der Waals surface area contributed by atoms with Gasteiger partial charge in [0.05, 0.1) is 11.4 Å². The third kappa shape index (κ3) is 3.87. The van der Waals surface area contributed by atoms with Crippen molar-refractivity contribution in [1.82, 2.24) is 4.98 Å². The van der Waals surface area contributed by atoms with E-state index < -0.39 is 17.7 Å². The minimum atomic E-state index is -2.95. The molecule has 0 fully saturated rings. The van der Waals surface area contributed by atoms with E-state index in [0.717, 1.165) is 16.6 Å². The predicted octanol–water partition coefficient (Wildman–Crippen LogP) is 5.13. The van der Waals surface area contributed by atoms with E-state index in [1.807, 2.05) is 25.1 Å². The Morgan fingerprint density at radius 2 is 1.94 bits per heavy atom. The Morgan fingerprint density at radius 1 is 1.16 bits per heavy atom. The topological polar surface area (TPSA) is 65.5 Å². The molecule has 1 aliphatic rings. The number of nitrogens with one attached hydrogen (secondary N) is 1. The Balaban J connectivity index is 1.55. The van der Waals surface area contributed by atoms with Gasteiger partial charge in [-0.2, -0.15) is 10.1 Å². The number of hydrogen-bond donors (Lipinski definition) is 1. The number of alkyl halides is 2. The van der Waals surface area contributed by atoms with E-state index in [2.05, 4.69) is 10.1 Å². The molecule has 0 aliphatic carbocycles. The lowest BCUT2D eigenvalue weighted by atomic mass is 9.92. The number of aryl methyl sites for hydroxylation is 1. The molecule has 1 N–H and O–H groups in total. The van der Waals surface area contributed by atoms with Crippen molar-refractivity contribution in [2.24, 2.45) is 11.0 Å². The molecule has 1 amide bonds. The molecule has 160 valence electrons. The Hall–Kier alpha value is -3.35. The number of Topliss-reactive ketones (excluding diaryl/α,β-unsaturated/α-hetero) is 1. The Kier molecular flexibility index (Phi) is 5.21. The first-order valence-corrected chi connectivity index (χ1v) is 10.2. The van der Waals surface area contributed by atoms with Gasteiger partial charge in [-0.1, -0.05) is 31.2 Å². The molecule has 31 heavy (non-hydrogen) atoms. The van der Waals surface area contributed by atoms with Gasteiger partial charge in [0.25, 0.3) is 11.8 Å². The maximum atomic E-state index is 14.0. The number of aromatic nitrogens is 1. The molecule has 0 radical (unpaired) electrons. The fourth-order valence-corrected chi connectivity index (χ4v) is 3.93. The first-order chi connectivity index (χ1) is 14.7. The number of amides is 1. The lowest BCUT2D eigenvalue weighted by Crippen LogP contribution is -2.33. The SMILES string of the molecule is CCC(F)(F)c1cccc(CC(=O)C2C(=O)N(c3ccc4cc(C)[nH]c4c3)N=C2C)c1. The molecule has 7 heteroatoms. The summed E-state index contributed by atoms with van der Waals surface area (Å²) in [5, 5.41) is 6.58. The van der Waals surface area contributed by atoms with Crippen molar-refractivity contribution < 1.29 is 18.4 Å². The summed E-state index contributed by atoms with van der Waals surface area (Å²) >= 11 is 0. The number of H-pyrrole nitrogens is 1. The largest absolute Gasteiger partial charge is 0.359 e. The number of hydrazone groups is 1. The molecule has 3 aromatic rings. The number of ketones is 1. The molecule has 1 aromatic heterocycles. The highest BCUT2D eigenvalue weighted by Crippen LogP contribution is 2.32. The lowest BCUT2D eigenvalue weighted by molar-refractivity contribution is -0.128. The van der Waals surface area contributed by atoms with Crippen LogP contribution in [0, 0.1) is 12.8 Å². The number of benzene rings is 2. The molecule has 1 unspecified atom stereocenters. The van der Waals surface area contributed by atoms with Crippen LogP contribution in [0.25, 0.3) is 10.9 Å². The van der Waals surface area contributed by atoms with Crippen LogP contribution in [0.4, 0.5) is 14.5 Å². The van der Waals surface area contributed by atoms with Crippen LogP contribution in [-0.4, -0.2) is 22.4 Å². The number of nitrogens with zero attached hydrogens (tertiary/aromatic N) is 2. The van der Waals surface area contributed by atoms with Gasteiger partial charge in [0.2, 0.25) is 0 Å². The molecule has 0 spiro atoms. The maximum Gasteiger partial charge on any atom is 0.273 e. The zero-order valence-electron chi connectivity index (χ0n) is 17.6. The summed E-state index contributed by atoms with van der Waals surface area (Å²) in [6.45, 7) is 5.00. The zero-order chi connectivity index (χ0) is 22.3. The number of anilines is 1. The molecule has 0 saturated heterocycles. The van der Waals surface area contributed by atoms with E-state index in [1.54, 1.807) is 19.1 Å². The van der Waals surface area contributed by atoms with Crippen molar-refractivity contribution in [3.63, 3.8) is 0 Å². The highest BCUT2D eigenvalue weighted by Gasteiger charge is 2.39. The van der Waals surface area contributed by atoms with Crippen LogP contribution in [0.2, 0.25) is 0 Å². The monoisotopic (exact) mass is 423 g/mol. The van der Waals surface area contributed by atoms with Gasteiger partial charge in [0.15, 0.2) is 5.78 Å². The summed E-state index contributed by atoms with van der Waals surface area (Å²) in [6.07, 6.45) is -0.434.